The van der Waals surface area contributed by atoms with Crippen LogP contribution in [0, 0.1) is 0 Å². The molecule has 0 bridgehead atoms. The van der Waals surface area contributed by atoms with Crippen LogP contribution in [0.4, 0.5) is 0 Å². The Hall–Kier alpha value is -0.0800. The fraction of sp³-hybridized carbons (Fsp3) is 1.00. The zero-order valence-electron chi connectivity index (χ0n) is 10.4. The Kier molecular flexibility index (Phi) is 6.26. The van der Waals surface area contributed by atoms with Crippen molar-refractivity contribution in [2.75, 3.05) is 13.2 Å². The Morgan fingerprint density at radius 2 is 1.47 bits per heavy atom. The molecule has 1 fully saturated rings. The first kappa shape index (κ1) is 13.0. The van der Waals surface area contributed by atoms with E-state index in [0.717, 1.165) is 26.1 Å². The van der Waals surface area contributed by atoms with E-state index in [0.29, 0.717) is 0 Å². The largest absolute Gasteiger partial charge is 0.348 e. The monoisotopic (exact) mass is 214 g/mol. The van der Waals surface area contributed by atoms with Crippen molar-refractivity contribution in [3.8, 4) is 0 Å². The summed E-state index contributed by atoms with van der Waals surface area (Å²) < 4.78 is 11.4. The average Bonchev–Trinajstić information content (AvgIpc) is 2.73. The van der Waals surface area contributed by atoms with Gasteiger partial charge in [-0.3, -0.25) is 0 Å². The molecule has 0 N–H and O–H groups in total. The zero-order chi connectivity index (χ0) is 11.0. The van der Waals surface area contributed by atoms with Gasteiger partial charge in [-0.1, -0.05) is 46.0 Å². The van der Waals surface area contributed by atoms with E-state index in [1.807, 2.05) is 0 Å². The highest BCUT2D eigenvalue weighted by Crippen LogP contribution is 2.29. The second kappa shape index (κ2) is 7.24. The maximum atomic E-state index is 5.70. The fourth-order valence-corrected chi connectivity index (χ4v) is 2.20. The van der Waals surface area contributed by atoms with Crippen LogP contribution in [0.5, 0.6) is 0 Å². The van der Waals surface area contributed by atoms with Gasteiger partial charge in [0.1, 0.15) is 0 Å². The molecule has 1 aliphatic heterocycles. The smallest absolute Gasteiger partial charge is 0.168 e. The van der Waals surface area contributed by atoms with E-state index in [1.165, 1.54) is 38.5 Å². The second-order valence-electron chi connectivity index (χ2n) is 4.48. The summed E-state index contributed by atoms with van der Waals surface area (Å²) in [5.41, 5.74) is 0. The van der Waals surface area contributed by atoms with Gasteiger partial charge < -0.3 is 9.47 Å². The Bertz CT molecular complexity index is 151. The van der Waals surface area contributed by atoms with Crippen molar-refractivity contribution in [1.82, 2.24) is 0 Å². The van der Waals surface area contributed by atoms with Crippen LogP contribution >= 0.6 is 0 Å². The van der Waals surface area contributed by atoms with E-state index in [1.54, 1.807) is 0 Å². The topological polar surface area (TPSA) is 18.5 Å². The number of ether oxygens (including phenoxy) is 2. The maximum absolute atomic E-state index is 5.70. The molecule has 0 spiro atoms. The van der Waals surface area contributed by atoms with Crippen LogP contribution in [0.3, 0.4) is 0 Å². The number of hydrogen-bond donors (Lipinski definition) is 0. The first-order valence-electron chi connectivity index (χ1n) is 6.61. The summed E-state index contributed by atoms with van der Waals surface area (Å²) in [7, 11) is 0. The Balaban J connectivity index is 2.02. The maximum Gasteiger partial charge on any atom is 0.168 e. The average molecular weight is 214 g/mol. The van der Waals surface area contributed by atoms with Gasteiger partial charge in [-0.2, -0.15) is 0 Å². The summed E-state index contributed by atoms with van der Waals surface area (Å²) in [6.07, 6.45) is 10.1. The first-order chi connectivity index (χ1) is 7.33. The van der Waals surface area contributed by atoms with Gasteiger partial charge in [0.2, 0.25) is 0 Å². The minimum absolute atomic E-state index is 0.218. The van der Waals surface area contributed by atoms with Gasteiger partial charge in [-0.15, -0.1) is 0 Å². The van der Waals surface area contributed by atoms with Crippen LogP contribution in [-0.2, 0) is 9.47 Å². The molecule has 15 heavy (non-hydrogen) atoms. The Morgan fingerprint density at radius 3 is 2.07 bits per heavy atom. The van der Waals surface area contributed by atoms with Gasteiger partial charge in [0.15, 0.2) is 5.79 Å². The third-order valence-electron chi connectivity index (χ3n) is 3.26. The number of unbranched alkanes of at least 4 members (excludes halogenated alkanes) is 5. The second-order valence-corrected chi connectivity index (χ2v) is 4.48. The zero-order valence-corrected chi connectivity index (χ0v) is 10.4. The molecule has 90 valence electrons. The lowest BCUT2D eigenvalue weighted by atomic mass is 10.0. The molecule has 0 atom stereocenters. The molecule has 1 rings (SSSR count). The van der Waals surface area contributed by atoms with Gasteiger partial charge in [-0.05, 0) is 12.8 Å². The van der Waals surface area contributed by atoms with Crippen molar-refractivity contribution in [3.05, 3.63) is 0 Å². The molecule has 0 aromatic carbocycles. The van der Waals surface area contributed by atoms with Crippen molar-refractivity contribution >= 4 is 0 Å². The van der Waals surface area contributed by atoms with E-state index in [2.05, 4.69) is 13.8 Å². The van der Waals surface area contributed by atoms with Gasteiger partial charge in [0.25, 0.3) is 0 Å². The molecular weight excluding hydrogens is 188 g/mol. The minimum atomic E-state index is -0.218. The molecule has 0 saturated carbocycles. The summed E-state index contributed by atoms with van der Waals surface area (Å²) in [6, 6.07) is 0. The molecule has 1 heterocycles. The molecule has 1 saturated heterocycles. The van der Waals surface area contributed by atoms with Crippen LogP contribution in [-0.4, -0.2) is 19.0 Å². The van der Waals surface area contributed by atoms with E-state index in [4.69, 9.17) is 9.47 Å². The molecule has 2 heteroatoms. The minimum Gasteiger partial charge on any atom is -0.348 e. The fourth-order valence-electron chi connectivity index (χ4n) is 2.20. The van der Waals surface area contributed by atoms with Crippen molar-refractivity contribution < 1.29 is 9.47 Å². The predicted molar refractivity (Wildman–Crippen MR) is 62.9 cm³/mol. The van der Waals surface area contributed by atoms with Crippen molar-refractivity contribution in [3.63, 3.8) is 0 Å². The number of rotatable bonds is 8. The quantitative estimate of drug-likeness (QED) is 0.571. The molecule has 0 amide bonds. The van der Waals surface area contributed by atoms with Crippen LogP contribution < -0.4 is 0 Å². The molecule has 0 aliphatic carbocycles. The van der Waals surface area contributed by atoms with Gasteiger partial charge in [0, 0.05) is 6.42 Å². The van der Waals surface area contributed by atoms with Crippen LogP contribution in [0.2, 0.25) is 0 Å². The number of hydrogen-bond acceptors (Lipinski definition) is 2. The van der Waals surface area contributed by atoms with Gasteiger partial charge >= 0.3 is 0 Å². The van der Waals surface area contributed by atoms with Crippen LogP contribution in [0.1, 0.15) is 65.2 Å². The third kappa shape index (κ3) is 4.52. The first-order valence-corrected chi connectivity index (χ1v) is 6.61. The Labute approximate surface area is 94.3 Å². The van der Waals surface area contributed by atoms with Crippen LogP contribution in [0.25, 0.3) is 0 Å². The SMILES string of the molecule is CCCCCCCCC1(CC)OCCO1. The molecule has 1 aliphatic rings. The van der Waals surface area contributed by atoms with Gasteiger partial charge in [0.05, 0.1) is 13.2 Å². The lowest BCUT2D eigenvalue weighted by Crippen LogP contribution is -2.28. The highest BCUT2D eigenvalue weighted by Gasteiger charge is 2.33. The summed E-state index contributed by atoms with van der Waals surface area (Å²) in [5, 5.41) is 0. The summed E-state index contributed by atoms with van der Waals surface area (Å²) in [6.45, 7) is 5.97. The van der Waals surface area contributed by atoms with E-state index >= 15 is 0 Å². The Morgan fingerprint density at radius 1 is 0.867 bits per heavy atom. The van der Waals surface area contributed by atoms with E-state index in [-0.39, 0.29) is 5.79 Å². The molecule has 0 aromatic rings. The lowest BCUT2D eigenvalue weighted by molar-refractivity contribution is -0.164. The third-order valence-corrected chi connectivity index (χ3v) is 3.26. The van der Waals surface area contributed by atoms with Crippen molar-refractivity contribution in [2.45, 2.75) is 71.0 Å². The molecular formula is C13H26O2. The lowest BCUT2D eigenvalue weighted by Gasteiger charge is -2.25. The van der Waals surface area contributed by atoms with Crippen LogP contribution in [0.15, 0.2) is 0 Å². The van der Waals surface area contributed by atoms with Gasteiger partial charge in [-0.25, -0.2) is 0 Å². The highest BCUT2D eigenvalue weighted by molar-refractivity contribution is 4.72. The van der Waals surface area contributed by atoms with E-state index in [9.17, 15) is 0 Å². The normalized spacial score (nSPS) is 19.6. The molecule has 0 radical (unpaired) electrons. The molecule has 0 unspecified atom stereocenters. The summed E-state index contributed by atoms with van der Waals surface area (Å²) in [5.74, 6) is -0.218. The highest BCUT2D eigenvalue weighted by atomic mass is 16.7. The summed E-state index contributed by atoms with van der Waals surface area (Å²) >= 11 is 0. The summed E-state index contributed by atoms with van der Waals surface area (Å²) in [4.78, 5) is 0. The molecule has 2 nitrogen and oxygen atoms in total. The van der Waals surface area contributed by atoms with Crippen molar-refractivity contribution in [1.29, 1.82) is 0 Å². The standard InChI is InChI=1S/C13H26O2/c1-3-5-6-7-8-9-10-13(4-2)14-11-12-15-13/h3-12H2,1-2H3. The van der Waals surface area contributed by atoms with Crippen molar-refractivity contribution in [2.24, 2.45) is 0 Å². The molecule has 0 aromatic heterocycles. The van der Waals surface area contributed by atoms with E-state index < -0.39 is 0 Å². The predicted octanol–water partition coefficient (Wildman–Crippen LogP) is 3.89.